The lowest BCUT2D eigenvalue weighted by Gasteiger charge is -2.19. The number of hydrogen-bond acceptors (Lipinski definition) is 4. The third kappa shape index (κ3) is 3.37. The molecule has 0 spiro atoms. The van der Waals surface area contributed by atoms with Crippen LogP contribution in [-0.4, -0.2) is 16.4 Å². The number of rotatable bonds is 6. The molecule has 1 aromatic carbocycles. The highest BCUT2D eigenvalue weighted by molar-refractivity contribution is 6.30. The lowest BCUT2D eigenvalue weighted by Crippen LogP contribution is -2.30. The summed E-state index contributed by atoms with van der Waals surface area (Å²) in [5, 5.41) is 4.98. The molecule has 0 amide bonds. The second-order valence-electron chi connectivity index (χ2n) is 4.87. The van der Waals surface area contributed by atoms with Gasteiger partial charge in [0.25, 0.3) is 0 Å². The van der Waals surface area contributed by atoms with Crippen LogP contribution in [0, 0.1) is 6.92 Å². The van der Waals surface area contributed by atoms with Crippen molar-refractivity contribution in [1.82, 2.24) is 15.2 Å². The van der Waals surface area contributed by atoms with Crippen molar-refractivity contribution in [1.29, 1.82) is 0 Å². The van der Waals surface area contributed by atoms with Crippen molar-refractivity contribution in [2.24, 2.45) is 12.9 Å². The van der Waals surface area contributed by atoms with Crippen LogP contribution in [-0.2, 0) is 13.5 Å². The van der Waals surface area contributed by atoms with E-state index in [0.29, 0.717) is 18.2 Å². The van der Waals surface area contributed by atoms with Crippen LogP contribution < -0.4 is 16.0 Å². The molecular weight excluding hydrogens is 288 g/mol. The SMILES string of the molecule is CCOc1ccccc1C(Cc1c(C)nn(C)c1Cl)NN. The Kier molecular flexibility index (Phi) is 5.22. The topological polar surface area (TPSA) is 65.1 Å². The molecule has 1 atom stereocenters. The summed E-state index contributed by atoms with van der Waals surface area (Å²) in [4.78, 5) is 0. The molecule has 2 aromatic rings. The highest BCUT2D eigenvalue weighted by Gasteiger charge is 2.20. The molecule has 1 unspecified atom stereocenters. The molecule has 0 aliphatic heterocycles. The van der Waals surface area contributed by atoms with E-state index in [9.17, 15) is 0 Å². The van der Waals surface area contributed by atoms with E-state index in [0.717, 1.165) is 22.6 Å². The highest BCUT2D eigenvalue weighted by atomic mass is 35.5. The molecule has 0 fully saturated rings. The molecule has 0 saturated carbocycles. The van der Waals surface area contributed by atoms with Crippen LogP contribution in [0.15, 0.2) is 24.3 Å². The lowest BCUT2D eigenvalue weighted by atomic mass is 9.99. The van der Waals surface area contributed by atoms with E-state index in [-0.39, 0.29) is 6.04 Å². The van der Waals surface area contributed by atoms with Crippen molar-refractivity contribution in [3.8, 4) is 5.75 Å². The summed E-state index contributed by atoms with van der Waals surface area (Å²) in [6.07, 6.45) is 0.652. The first-order valence-electron chi connectivity index (χ1n) is 6.94. The van der Waals surface area contributed by atoms with E-state index in [2.05, 4.69) is 10.5 Å². The fourth-order valence-corrected chi connectivity index (χ4v) is 2.68. The van der Waals surface area contributed by atoms with Crippen LogP contribution >= 0.6 is 11.6 Å². The van der Waals surface area contributed by atoms with Gasteiger partial charge < -0.3 is 4.74 Å². The van der Waals surface area contributed by atoms with Gasteiger partial charge in [-0.3, -0.25) is 16.0 Å². The van der Waals surface area contributed by atoms with Crippen molar-refractivity contribution in [2.45, 2.75) is 26.3 Å². The van der Waals surface area contributed by atoms with Gasteiger partial charge in [0, 0.05) is 18.2 Å². The van der Waals surface area contributed by atoms with E-state index >= 15 is 0 Å². The molecule has 0 aliphatic rings. The van der Waals surface area contributed by atoms with E-state index in [1.807, 2.05) is 45.2 Å². The summed E-state index contributed by atoms with van der Waals surface area (Å²) >= 11 is 6.30. The van der Waals surface area contributed by atoms with Gasteiger partial charge in [-0.25, -0.2) is 0 Å². The van der Waals surface area contributed by atoms with Crippen LogP contribution in [0.1, 0.15) is 29.8 Å². The van der Waals surface area contributed by atoms with Gasteiger partial charge in [-0.1, -0.05) is 29.8 Å². The second kappa shape index (κ2) is 6.93. The molecule has 5 nitrogen and oxygen atoms in total. The zero-order valence-electron chi connectivity index (χ0n) is 12.6. The fourth-order valence-electron chi connectivity index (χ4n) is 2.42. The van der Waals surface area contributed by atoms with Gasteiger partial charge in [-0.05, 0) is 26.3 Å². The highest BCUT2D eigenvalue weighted by Crippen LogP contribution is 2.30. The minimum Gasteiger partial charge on any atom is -0.494 e. The van der Waals surface area contributed by atoms with Gasteiger partial charge in [0.05, 0.1) is 18.3 Å². The van der Waals surface area contributed by atoms with Gasteiger partial charge in [-0.15, -0.1) is 0 Å². The second-order valence-corrected chi connectivity index (χ2v) is 5.23. The summed E-state index contributed by atoms with van der Waals surface area (Å²) in [6, 6.07) is 7.79. The maximum Gasteiger partial charge on any atom is 0.130 e. The number of nitrogens with two attached hydrogens (primary N) is 1. The first kappa shape index (κ1) is 15.8. The maximum atomic E-state index is 6.30. The molecule has 0 aliphatic carbocycles. The number of nitrogens with one attached hydrogen (secondary N) is 1. The fraction of sp³-hybridized carbons (Fsp3) is 0.400. The predicted molar refractivity (Wildman–Crippen MR) is 84.3 cm³/mol. The molecule has 3 N–H and O–H groups in total. The van der Waals surface area contributed by atoms with E-state index in [1.165, 1.54) is 0 Å². The van der Waals surface area contributed by atoms with E-state index in [4.69, 9.17) is 22.2 Å². The third-order valence-electron chi connectivity index (χ3n) is 3.47. The Morgan fingerprint density at radius 2 is 2.14 bits per heavy atom. The Bertz CT molecular complexity index is 612. The Hall–Kier alpha value is -1.56. The van der Waals surface area contributed by atoms with Gasteiger partial charge in [0.1, 0.15) is 10.9 Å². The molecule has 0 radical (unpaired) electrons. The summed E-state index contributed by atoms with van der Waals surface area (Å²) in [7, 11) is 1.83. The number of para-hydroxylation sites is 1. The molecule has 0 saturated heterocycles. The Balaban J connectivity index is 2.32. The predicted octanol–water partition coefficient (Wildman–Crippen LogP) is 2.53. The molecule has 1 heterocycles. The minimum absolute atomic E-state index is 0.0897. The number of hydrogen-bond donors (Lipinski definition) is 2. The molecule has 1 aromatic heterocycles. The zero-order chi connectivity index (χ0) is 15.4. The number of halogens is 1. The standard InChI is InChI=1S/C15H21ClN4O/c1-4-21-14-8-6-5-7-11(14)13(18-17)9-12-10(2)19-20(3)15(12)16/h5-8,13,18H,4,9,17H2,1-3H3. The minimum atomic E-state index is -0.0897. The van der Waals surface area contributed by atoms with Crippen LogP contribution in [0.2, 0.25) is 5.15 Å². The Labute approximate surface area is 130 Å². The number of nitrogens with zero attached hydrogens (tertiary/aromatic N) is 2. The van der Waals surface area contributed by atoms with Gasteiger partial charge >= 0.3 is 0 Å². The summed E-state index contributed by atoms with van der Waals surface area (Å²) in [5.41, 5.74) is 5.78. The van der Waals surface area contributed by atoms with Gasteiger partial charge in [0.15, 0.2) is 0 Å². The quantitative estimate of drug-likeness (QED) is 0.636. The van der Waals surface area contributed by atoms with Crippen molar-refractivity contribution >= 4 is 11.6 Å². The average Bonchev–Trinajstić information content (AvgIpc) is 2.71. The smallest absolute Gasteiger partial charge is 0.130 e. The van der Waals surface area contributed by atoms with Crippen molar-refractivity contribution in [3.05, 3.63) is 46.2 Å². The number of ether oxygens (including phenoxy) is 1. The van der Waals surface area contributed by atoms with Gasteiger partial charge in [0.2, 0.25) is 0 Å². The normalized spacial score (nSPS) is 12.4. The molecule has 0 bridgehead atoms. The molecule has 21 heavy (non-hydrogen) atoms. The summed E-state index contributed by atoms with van der Waals surface area (Å²) in [5.74, 6) is 6.58. The largest absolute Gasteiger partial charge is 0.494 e. The Morgan fingerprint density at radius 3 is 2.71 bits per heavy atom. The van der Waals surface area contributed by atoms with Crippen LogP contribution in [0.4, 0.5) is 0 Å². The van der Waals surface area contributed by atoms with Crippen LogP contribution in [0.25, 0.3) is 0 Å². The number of benzene rings is 1. The van der Waals surface area contributed by atoms with E-state index < -0.39 is 0 Å². The average molecular weight is 309 g/mol. The lowest BCUT2D eigenvalue weighted by molar-refractivity contribution is 0.331. The molecular formula is C15H21ClN4O. The Morgan fingerprint density at radius 1 is 1.43 bits per heavy atom. The number of aromatic nitrogens is 2. The maximum absolute atomic E-state index is 6.30. The molecule has 2 rings (SSSR count). The van der Waals surface area contributed by atoms with Crippen molar-refractivity contribution in [3.63, 3.8) is 0 Å². The molecule has 6 heteroatoms. The number of aryl methyl sites for hydroxylation is 2. The monoisotopic (exact) mass is 308 g/mol. The zero-order valence-corrected chi connectivity index (χ0v) is 13.3. The summed E-state index contributed by atoms with van der Waals surface area (Å²) < 4.78 is 7.35. The third-order valence-corrected chi connectivity index (χ3v) is 3.95. The van der Waals surface area contributed by atoms with Gasteiger partial charge in [-0.2, -0.15) is 5.10 Å². The number of hydrazine groups is 1. The van der Waals surface area contributed by atoms with Crippen molar-refractivity contribution < 1.29 is 4.74 Å². The van der Waals surface area contributed by atoms with Crippen LogP contribution in [0.3, 0.4) is 0 Å². The molecule has 114 valence electrons. The van der Waals surface area contributed by atoms with Crippen molar-refractivity contribution in [2.75, 3.05) is 6.61 Å². The first-order chi connectivity index (χ1) is 10.1. The summed E-state index contributed by atoms with van der Waals surface area (Å²) in [6.45, 7) is 4.52. The van der Waals surface area contributed by atoms with Crippen LogP contribution in [0.5, 0.6) is 5.75 Å². The first-order valence-corrected chi connectivity index (χ1v) is 7.32. The van der Waals surface area contributed by atoms with E-state index in [1.54, 1.807) is 4.68 Å².